The highest BCUT2D eigenvalue weighted by Crippen LogP contribution is 2.47. The van der Waals surface area contributed by atoms with E-state index in [1.165, 1.54) is 36.9 Å². The third-order valence-electron chi connectivity index (χ3n) is 6.31. The van der Waals surface area contributed by atoms with Gasteiger partial charge in [0, 0.05) is 43.2 Å². The smallest absolute Gasteiger partial charge is 0.274 e. The second-order valence-electron chi connectivity index (χ2n) is 7.43. The predicted octanol–water partition coefficient (Wildman–Crippen LogP) is 1.55. The van der Waals surface area contributed by atoms with Crippen LogP contribution in [0.3, 0.4) is 0 Å². The number of aryl methyl sites for hydroxylation is 1. The third-order valence-corrected chi connectivity index (χ3v) is 6.31. The Kier molecular flexibility index (Phi) is 2.72. The van der Waals surface area contributed by atoms with Gasteiger partial charge >= 0.3 is 0 Å². The monoisotopic (exact) mass is 301 g/mol. The van der Waals surface area contributed by atoms with Crippen molar-refractivity contribution in [3.63, 3.8) is 0 Å². The second kappa shape index (κ2) is 4.57. The van der Waals surface area contributed by atoms with Gasteiger partial charge in [-0.15, -0.1) is 0 Å². The van der Waals surface area contributed by atoms with Crippen molar-refractivity contribution >= 4 is 5.91 Å². The number of fused-ring (bicyclic) bond motifs is 6. The van der Waals surface area contributed by atoms with Gasteiger partial charge in [-0.05, 0) is 38.5 Å². The van der Waals surface area contributed by atoms with E-state index in [0.29, 0.717) is 24.0 Å². The van der Waals surface area contributed by atoms with Crippen molar-refractivity contribution in [2.24, 2.45) is 18.9 Å². The molecule has 0 radical (unpaired) electrons. The molecule has 3 fully saturated rings. The van der Waals surface area contributed by atoms with Gasteiger partial charge in [0.25, 0.3) is 5.91 Å². The summed E-state index contributed by atoms with van der Waals surface area (Å²) in [5, 5.41) is 4.58. The molecule has 1 aliphatic carbocycles. The molecule has 1 aromatic rings. The molecule has 4 heterocycles. The maximum absolute atomic E-state index is 13.0. The Balaban J connectivity index is 1.42. The molecule has 0 aromatic carbocycles. The van der Waals surface area contributed by atoms with Gasteiger partial charge in [-0.25, -0.2) is 0 Å². The van der Waals surface area contributed by atoms with Gasteiger partial charge in [-0.3, -0.25) is 9.48 Å². The highest BCUT2D eigenvalue weighted by atomic mass is 16.5. The minimum atomic E-state index is 0.160. The molecule has 0 unspecified atom stereocenters. The molecule has 118 valence electrons. The van der Waals surface area contributed by atoms with Crippen LogP contribution in [-0.2, 0) is 24.6 Å². The third kappa shape index (κ3) is 1.69. The molecule has 4 aliphatic rings. The zero-order valence-electron chi connectivity index (χ0n) is 13.1. The molecule has 22 heavy (non-hydrogen) atoms. The van der Waals surface area contributed by atoms with E-state index in [1.54, 1.807) is 0 Å². The molecular formula is C17H23N3O2. The first-order chi connectivity index (χ1) is 10.7. The van der Waals surface area contributed by atoms with E-state index in [4.69, 9.17) is 4.74 Å². The molecule has 1 aromatic heterocycles. The van der Waals surface area contributed by atoms with Crippen LogP contribution in [-0.4, -0.2) is 45.9 Å². The highest BCUT2D eigenvalue weighted by Gasteiger charge is 2.54. The normalized spacial score (nSPS) is 35.8. The van der Waals surface area contributed by atoms with Crippen LogP contribution in [0, 0.1) is 11.8 Å². The summed E-state index contributed by atoms with van der Waals surface area (Å²) in [7, 11) is 1.98. The van der Waals surface area contributed by atoms with E-state index in [-0.39, 0.29) is 5.91 Å². The number of aromatic nitrogens is 2. The molecule has 3 saturated heterocycles. The zero-order valence-corrected chi connectivity index (χ0v) is 13.1. The van der Waals surface area contributed by atoms with Crippen LogP contribution in [0.2, 0.25) is 0 Å². The minimum absolute atomic E-state index is 0.160. The van der Waals surface area contributed by atoms with Crippen molar-refractivity contribution in [3.8, 4) is 0 Å². The highest BCUT2D eigenvalue weighted by molar-refractivity contribution is 5.94. The van der Waals surface area contributed by atoms with E-state index in [2.05, 4.69) is 10.00 Å². The second-order valence-corrected chi connectivity index (χ2v) is 7.43. The van der Waals surface area contributed by atoms with Crippen molar-refractivity contribution in [3.05, 3.63) is 17.0 Å². The van der Waals surface area contributed by atoms with Gasteiger partial charge in [0.15, 0.2) is 5.69 Å². The number of carbonyl (C=O) groups excluding carboxylic acids is 1. The quantitative estimate of drug-likeness (QED) is 0.790. The fraction of sp³-hybridized carbons (Fsp3) is 0.765. The van der Waals surface area contributed by atoms with Gasteiger partial charge < -0.3 is 9.64 Å². The lowest BCUT2D eigenvalue weighted by Crippen LogP contribution is -2.32. The molecule has 2 bridgehead atoms. The molecule has 5 heteroatoms. The number of likely N-dealkylation sites (tertiary alicyclic amines) is 1. The van der Waals surface area contributed by atoms with Crippen molar-refractivity contribution in [1.29, 1.82) is 0 Å². The number of hydrogen-bond donors (Lipinski definition) is 0. The van der Waals surface area contributed by atoms with E-state index >= 15 is 0 Å². The van der Waals surface area contributed by atoms with Gasteiger partial charge in [0.1, 0.15) is 0 Å². The Morgan fingerprint density at radius 3 is 2.55 bits per heavy atom. The molecule has 5 rings (SSSR count). The predicted molar refractivity (Wildman–Crippen MR) is 80.6 cm³/mol. The van der Waals surface area contributed by atoms with E-state index in [9.17, 15) is 4.79 Å². The Hall–Kier alpha value is -1.36. The van der Waals surface area contributed by atoms with E-state index < -0.39 is 0 Å². The van der Waals surface area contributed by atoms with Crippen LogP contribution in [0.5, 0.6) is 0 Å². The first-order valence-corrected chi connectivity index (χ1v) is 8.72. The summed E-state index contributed by atoms with van der Waals surface area (Å²) in [5.41, 5.74) is 3.22. The van der Waals surface area contributed by atoms with Crippen LogP contribution in [0.1, 0.15) is 47.4 Å². The van der Waals surface area contributed by atoms with Crippen LogP contribution in [0.4, 0.5) is 0 Å². The number of nitrogens with zero attached hydrogens (tertiary/aromatic N) is 3. The lowest BCUT2D eigenvalue weighted by molar-refractivity contribution is 0.0590. The number of rotatable bonds is 1. The SMILES string of the molecule is Cn1nc(C(=O)N2C[C@@H]3[C@H](C2)[C@H]2CC[C@@H]3O2)c2c1CCCC2. The summed E-state index contributed by atoms with van der Waals surface area (Å²) in [6.45, 7) is 1.74. The molecular weight excluding hydrogens is 278 g/mol. The summed E-state index contributed by atoms with van der Waals surface area (Å²) < 4.78 is 7.95. The molecule has 0 saturated carbocycles. The number of ether oxygens (including phenoxy) is 1. The largest absolute Gasteiger partial charge is 0.374 e. The zero-order chi connectivity index (χ0) is 14.8. The maximum atomic E-state index is 13.0. The lowest BCUT2D eigenvalue weighted by atomic mass is 9.82. The fourth-order valence-corrected chi connectivity index (χ4v) is 5.22. The van der Waals surface area contributed by atoms with Crippen LogP contribution < -0.4 is 0 Å². The Morgan fingerprint density at radius 2 is 1.82 bits per heavy atom. The van der Waals surface area contributed by atoms with E-state index in [1.807, 2.05) is 11.7 Å². The molecule has 4 atom stereocenters. The van der Waals surface area contributed by atoms with Crippen LogP contribution >= 0.6 is 0 Å². The van der Waals surface area contributed by atoms with Gasteiger partial charge in [0.2, 0.25) is 0 Å². The maximum Gasteiger partial charge on any atom is 0.274 e. The van der Waals surface area contributed by atoms with Crippen LogP contribution in [0.25, 0.3) is 0 Å². The van der Waals surface area contributed by atoms with Crippen molar-refractivity contribution in [2.45, 2.75) is 50.7 Å². The average Bonchev–Trinajstić information content (AvgIpc) is 3.27. The summed E-state index contributed by atoms with van der Waals surface area (Å²) in [5.74, 6) is 1.30. The molecule has 1 amide bonds. The Labute approximate surface area is 130 Å². The summed E-state index contributed by atoms with van der Waals surface area (Å²) >= 11 is 0. The molecule has 0 N–H and O–H groups in total. The topological polar surface area (TPSA) is 47.4 Å². The Morgan fingerprint density at radius 1 is 1.14 bits per heavy atom. The molecule has 0 spiro atoms. The fourth-order valence-electron chi connectivity index (χ4n) is 5.22. The van der Waals surface area contributed by atoms with Gasteiger partial charge in [-0.2, -0.15) is 5.10 Å². The minimum Gasteiger partial charge on any atom is -0.374 e. The van der Waals surface area contributed by atoms with Gasteiger partial charge in [0.05, 0.1) is 12.2 Å². The average molecular weight is 301 g/mol. The van der Waals surface area contributed by atoms with Crippen molar-refractivity contribution < 1.29 is 9.53 Å². The lowest BCUT2D eigenvalue weighted by Gasteiger charge is -2.19. The molecule has 5 nitrogen and oxygen atoms in total. The van der Waals surface area contributed by atoms with Crippen molar-refractivity contribution in [1.82, 2.24) is 14.7 Å². The standard InChI is InChI=1S/C17H23N3O2/c1-19-13-5-3-2-4-10(13)16(18-19)17(21)20-8-11-12(9-20)15-7-6-14(11)22-15/h11-12,14-15H,2-9H2,1H3/t11-,12+,14+,15-. The van der Waals surface area contributed by atoms with E-state index in [0.717, 1.165) is 31.6 Å². The summed E-state index contributed by atoms with van der Waals surface area (Å²) in [4.78, 5) is 15.1. The number of carbonyl (C=O) groups is 1. The van der Waals surface area contributed by atoms with Crippen molar-refractivity contribution in [2.75, 3.05) is 13.1 Å². The number of amides is 1. The van der Waals surface area contributed by atoms with Gasteiger partial charge in [-0.1, -0.05) is 0 Å². The van der Waals surface area contributed by atoms with Crippen LogP contribution in [0.15, 0.2) is 0 Å². The summed E-state index contributed by atoms with van der Waals surface area (Å²) in [6, 6.07) is 0. The first-order valence-electron chi connectivity index (χ1n) is 8.72. The molecule has 3 aliphatic heterocycles. The summed E-state index contributed by atoms with van der Waals surface area (Å²) in [6.07, 6.45) is 7.67. The Bertz CT molecular complexity index is 620. The number of hydrogen-bond acceptors (Lipinski definition) is 3. The first kappa shape index (κ1) is 13.1.